The minimum atomic E-state index is 0.168. The summed E-state index contributed by atoms with van der Waals surface area (Å²) in [5.74, 6) is 0.953. The van der Waals surface area contributed by atoms with E-state index in [0.29, 0.717) is 11.7 Å². The van der Waals surface area contributed by atoms with E-state index in [1.54, 1.807) is 0 Å². The molecule has 2 aliphatic rings. The number of ketones is 1. The third kappa shape index (κ3) is 1.58. The molecule has 0 heterocycles. The number of benzene rings is 2. The van der Waals surface area contributed by atoms with Crippen LogP contribution in [0.4, 0.5) is 0 Å². The van der Waals surface area contributed by atoms with E-state index in [9.17, 15) is 4.79 Å². The number of hydrogen-bond acceptors (Lipinski definition) is 1. The number of aryl methyl sites for hydroxylation is 1. The molecule has 4 rings (SSSR count). The minimum Gasteiger partial charge on any atom is -0.294 e. The van der Waals surface area contributed by atoms with Crippen LogP contribution in [-0.2, 0) is 12.8 Å². The molecule has 2 aromatic carbocycles. The van der Waals surface area contributed by atoms with E-state index in [0.717, 1.165) is 24.8 Å². The molecule has 0 bridgehead atoms. The standard InChI is InChI=1S/C18H16O/c19-18-15-8-4-2-6-13(15)11-17(18)16-10-9-12-5-1-3-7-14(12)16/h1-8,16-17H,9-11H2. The maximum atomic E-state index is 12.6. The van der Waals surface area contributed by atoms with Crippen molar-refractivity contribution in [1.29, 1.82) is 0 Å². The first-order valence-electron chi connectivity index (χ1n) is 7.04. The molecule has 0 spiro atoms. The quantitative estimate of drug-likeness (QED) is 0.750. The van der Waals surface area contributed by atoms with Crippen molar-refractivity contribution >= 4 is 5.78 Å². The van der Waals surface area contributed by atoms with Gasteiger partial charge >= 0.3 is 0 Å². The van der Waals surface area contributed by atoms with Gasteiger partial charge in [0.1, 0.15) is 0 Å². The summed E-state index contributed by atoms with van der Waals surface area (Å²) in [7, 11) is 0. The Balaban J connectivity index is 1.72. The second-order valence-electron chi connectivity index (χ2n) is 5.68. The van der Waals surface area contributed by atoms with Crippen LogP contribution in [0.3, 0.4) is 0 Å². The van der Waals surface area contributed by atoms with Gasteiger partial charge in [0.05, 0.1) is 0 Å². The normalized spacial score (nSPS) is 24.3. The van der Waals surface area contributed by atoms with Crippen LogP contribution in [0.1, 0.15) is 39.4 Å². The van der Waals surface area contributed by atoms with Crippen molar-refractivity contribution in [3.05, 3.63) is 70.8 Å². The molecule has 2 unspecified atom stereocenters. The molecule has 0 N–H and O–H groups in total. The van der Waals surface area contributed by atoms with Crippen LogP contribution in [0.15, 0.2) is 48.5 Å². The van der Waals surface area contributed by atoms with Gasteiger partial charge in [-0.2, -0.15) is 0 Å². The lowest BCUT2D eigenvalue weighted by atomic mass is 9.84. The molecule has 94 valence electrons. The second kappa shape index (κ2) is 4.06. The topological polar surface area (TPSA) is 17.1 Å². The zero-order valence-corrected chi connectivity index (χ0v) is 10.8. The Hall–Kier alpha value is -1.89. The zero-order chi connectivity index (χ0) is 12.8. The molecular weight excluding hydrogens is 232 g/mol. The highest BCUT2D eigenvalue weighted by atomic mass is 16.1. The van der Waals surface area contributed by atoms with Crippen molar-refractivity contribution < 1.29 is 4.79 Å². The number of hydrogen-bond donors (Lipinski definition) is 0. The highest BCUT2D eigenvalue weighted by Crippen LogP contribution is 2.43. The number of carbonyl (C=O) groups is 1. The molecule has 2 atom stereocenters. The number of rotatable bonds is 1. The summed E-state index contributed by atoms with van der Waals surface area (Å²) in [5, 5.41) is 0. The van der Waals surface area contributed by atoms with E-state index >= 15 is 0 Å². The smallest absolute Gasteiger partial charge is 0.167 e. The number of fused-ring (bicyclic) bond motifs is 2. The molecule has 0 amide bonds. The second-order valence-corrected chi connectivity index (χ2v) is 5.68. The van der Waals surface area contributed by atoms with Crippen LogP contribution < -0.4 is 0 Å². The molecule has 0 aromatic heterocycles. The zero-order valence-electron chi connectivity index (χ0n) is 10.8. The fraction of sp³-hybridized carbons (Fsp3) is 0.278. The van der Waals surface area contributed by atoms with Gasteiger partial charge in [0.15, 0.2) is 5.78 Å². The van der Waals surface area contributed by atoms with Gasteiger partial charge in [0.2, 0.25) is 0 Å². The van der Waals surface area contributed by atoms with Crippen molar-refractivity contribution in [3.8, 4) is 0 Å². The van der Waals surface area contributed by atoms with Gasteiger partial charge in [-0.25, -0.2) is 0 Å². The lowest BCUT2D eigenvalue weighted by molar-refractivity contribution is 0.0918. The van der Waals surface area contributed by atoms with E-state index in [4.69, 9.17) is 0 Å². The Bertz CT molecular complexity index is 656. The Kier molecular flexibility index (Phi) is 2.34. The van der Waals surface area contributed by atoms with Crippen molar-refractivity contribution in [1.82, 2.24) is 0 Å². The summed E-state index contributed by atoms with van der Waals surface area (Å²) in [6, 6.07) is 16.7. The van der Waals surface area contributed by atoms with Gasteiger partial charge in [-0.3, -0.25) is 4.79 Å². The Morgan fingerprint density at radius 3 is 2.42 bits per heavy atom. The number of Topliss-reactive ketones (excluding diaryl/α,β-unsaturated/α-hetero) is 1. The first kappa shape index (κ1) is 11.0. The average Bonchev–Trinajstić information content (AvgIpc) is 3.01. The molecule has 0 saturated carbocycles. The third-order valence-corrected chi connectivity index (χ3v) is 4.72. The van der Waals surface area contributed by atoms with Crippen molar-refractivity contribution in [3.63, 3.8) is 0 Å². The molecule has 0 radical (unpaired) electrons. The van der Waals surface area contributed by atoms with E-state index in [1.807, 2.05) is 18.2 Å². The first-order valence-corrected chi connectivity index (χ1v) is 7.04. The van der Waals surface area contributed by atoms with Gasteiger partial charge in [0.25, 0.3) is 0 Å². The largest absolute Gasteiger partial charge is 0.294 e. The van der Waals surface area contributed by atoms with Crippen LogP contribution in [0, 0.1) is 5.92 Å². The monoisotopic (exact) mass is 248 g/mol. The van der Waals surface area contributed by atoms with Gasteiger partial charge < -0.3 is 0 Å². The molecule has 19 heavy (non-hydrogen) atoms. The van der Waals surface area contributed by atoms with E-state index < -0.39 is 0 Å². The molecule has 1 nitrogen and oxygen atoms in total. The molecule has 2 aliphatic carbocycles. The lowest BCUT2D eigenvalue weighted by Crippen LogP contribution is -2.17. The summed E-state index contributed by atoms with van der Waals surface area (Å²) < 4.78 is 0. The Labute approximate surface area is 113 Å². The first-order chi connectivity index (χ1) is 9.34. The minimum absolute atomic E-state index is 0.168. The number of carbonyl (C=O) groups excluding carboxylic acids is 1. The maximum Gasteiger partial charge on any atom is 0.167 e. The molecule has 0 fully saturated rings. The van der Waals surface area contributed by atoms with Crippen LogP contribution in [0.2, 0.25) is 0 Å². The third-order valence-electron chi connectivity index (χ3n) is 4.72. The van der Waals surface area contributed by atoms with Crippen molar-refractivity contribution in [2.24, 2.45) is 5.92 Å². The summed E-state index contributed by atoms with van der Waals surface area (Å²) >= 11 is 0. The van der Waals surface area contributed by atoms with Gasteiger partial charge in [0, 0.05) is 11.5 Å². The average molecular weight is 248 g/mol. The summed E-state index contributed by atoms with van der Waals surface area (Å²) in [4.78, 5) is 12.6. The predicted octanol–water partition coefficient (Wildman–Crippen LogP) is 3.77. The van der Waals surface area contributed by atoms with Crippen LogP contribution in [0.25, 0.3) is 0 Å². The van der Waals surface area contributed by atoms with E-state index in [-0.39, 0.29) is 5.92 Å². The Morgan fingerprint density at radius 1 is 0.842 bits per heavy atom. The van der Waals surface area contributed by atoms with Gasteiger partial charge in [-0.05, 0) is 41.9 Å². The van der Waals surface area contributed by atoms with Crippen LogP contribution >= 0.6 is 0 Å². The summed E-state index contributed by atoms with van der Waals surface area (Å²) in [5.41, 5.74) is 5.05. The highest BCUT2D eigenvalue weighted by Gasteiger charge is 2.39. The maximum absolute atomic E-state index is 12.6. The lowest BCUT2D eigenvalue weighted by Gasteiger charge is -2.18. The molecule has 0 aliphatic heterocycles. The predicted molar refractivity (Wildman–Crippen MR) is 75.5 cm³/mol. The van der Waals surface area contributed by atoms with Gasteiger partial charge in [-0.15, -0.1) is 0 Å². The van der Waals surface area contributed by atoms with Crippen molar-refractivity contribution in [2.45, 2.75) is 25.2 Å². The Morgan fingerprint density at radius 2 is 1.58 bits per heavy atom. The van der Waals surface area contributed by atoms with Crippen molar-refractivity contribution in [2.75, 3.05) is 0 Å². The highest BCUT2D eigenvalue weighted by molar-refractivity contribution is 6.02. The molecule has 1 heteroatoms. The van der Waals surface area contributed by atoms with Crippen LogP contribution in [-0.4, -0.2) is 5.78 Å². The fourth-order valence-corrected chi connectivity index (χ4v) is 3.80. The SMILES string of the molecule is O=C1c2ccccc2CC1C1CCc2ccccc21. The fourth-order valence-electron chi connectivity index (χ4n) is 3.80. The summed E-state index contributed by atoms with van der Waals surface area (Å²) in [6.45, 7) is 0. The molecule has 0 saturated heterocycles. The van der Waals surface area contributed by atoms with Crippen LogP contribution in [0.5, 0.6) is 0 Å². The van der Waals surface area contributed by atoms with E-state index in [2.05, 4.69) is 30.3 Å². The summed E-state index contributed by atoms with van der Waals surface area (Å²) in [6.07, 6.45) is 3.18. The molecular formula is C18H16O. The van der Waals surface area contributed by atoms with E-state index in [1.165, 1.54) is 16.7 Å². The van der Waals surface area contributed by atoms with Gasteiger partial charge in [-0.1, -0.05) is 48.5 Å². The molecule has 2 aromatic rings.